The zero-order chi connectivity index (χ0) is 18.3. The van der Waals surface area contributed by atoms with E-state index in [1.165, 1.54) is 5.56 Å². The van der Waals surface area contributed by atoms with Crippen LogP contribution in [0.4, 0.5) is 0 Å². The molecule has 0 saturated carbocycles. The Morgan fingerprint density at radius 1 is 1.08 bits per heavy atom. The highest BCUT2D eigenvalue weighted by Gasteiger charge is 2.39. The number of piperidine rings is 1. The van der Waals surface area contributed by atoms with Crippen LogP contribution in [-0.2, 0) is 10.2 Å². The summed E-state index contributed by atoms with van der Waals surface area (Å²) in [6, 6.07) is 11.3. The Morgan fingerprint density at radius 2 is 1.64 bits per heavy atom. The number of nitrogens with zero attached hydrogens (tertiary/aromatic N) is 2. The average Bonchev–Trinajstić information content (AvgIpc) is 2.62. The van der Waals surface area contributed by atoms with Crippen molar-refractivity contribution < 1.29 is 4.79 Å². The van der Waals surface area contributed by atoms with Gasteiger partial charge in [0.2, 0.25) is 5.91 Å². The van der Waals surface area contributed by atoms with Crippen LogP contribution in [0.1, 0.15) is 65.4 Å². The average molecular weight is 345 g/mol. The smallest absolute Gasteiger partial charge is 0.223 e. The number of hydrogen-bond donors (Lipinski definition) is 0. The normalized spacial score (nSPS) is 17.6. The molecule has 1 amide bonds. The number of likely N-dealkylation sites (tertiary alicyclic amines) is 1. The molecule has 1 aliphatic rings. The van der Waals surface area contributed by atoms with Crippen LogP contribution in [0, 0.1) is 0 Å². The molecule has 3 nitrogen and oxygen atoms in total. The van der Waals surface area contributed by atoms with Crippen LogP contribution in [0.5, 0.6) is 0 Å². The maximum absolute atomic E-state index is 13.1. The van der Waals surface area contributed by atoms with Crippen molar-refractivity contribution in [2.45, 2.75) is 71.3 Å². The van der Waals surface area contributed by atoms with E-state index in [-0.39, 0.29) is 5.41 Å². The second-order valence-corrected chi connectivity index (χ2v) is 7.83. The summed E-state index contributed by atoms with van der Waals surface area (Å²) in [7, 11) is 0. The Balaban J connectivity index is 2.20. The minimum absolute atomic E-state index is 0.00344. The molecule has 25 heavy (non-hydrogen) atoms. The largest absolute Gasteiger partial charge is 0.343 e. The van der Waals surface area contributed by atoms with E-state index < -0.39 is 0 Å². The maximum atomic E-state index is 13.1. The number of carbonyl (C=O) groups is 1. The molecule has 1 heterocycles. The Morgan fingerprint density at radius 3 is 2.12 bits per heavy atom. The predicted molar refractivity (Wildman–Crippen MR) is 106 cm³/mol. The molecule has 140 valence electrons. The van der Waals surface area contributed by atoms with Gasteiger partial charge in [0.15, 0.2) is 0 Å². The molecule has 0 unspecified atom stereocenters. The first-order valence-electron chi connectivity index (χ1n) is 10.1. The highest BCUT2D eigenvalue weighted by molar-refractivity contribution is 5.78. The minimum atomic E-state index is 0.00344. The first-order valence-corrected chi connectivity index (χ1v) is 10.1. The SMILES string of the molecule is CCCN(CCC)C(=O)CC1(c2ccccc2)CCN(C(C)C)CC1. The Kier molecular flexibility index (Phi) is 7.49. The van der Waals surface area contributed by atoms with Gasteiger partial charge in [-0.05, 0) is 58.2 Å². The highest BCUT2D eigenvalue weighted by atomic mass is 16.2. The molecule has 0 aromatic heterocycles. The van der Waals surface area contributed by atoms with Crippen molar-refractivity contribution in [3.05, 3.63) is 35.9 Å². The van der Waals surface area contributed by atoms with Gasteiger partial charge in [-0.3, -0.25) is 4.79 Å². The van der Waals surface area contributed by atoms with Gasteiger partial charge in [-0.2, -0.15) is 0 Å². The van der Waals surface area contributed by atoms with Crippen molar-refractivity contribution in [1.29, 1.82) is 0 Å². The lowest BCUT2D eigenvalue weighted by atomic mass is 9.70. The van der Waals surface area contributed by atoms with E-state index >= 15 is 0 Å². The minimum Gasteiger partial charge on any atom is -0.343 e. The standard InChI is InChI=1S/C22H36N2O/c1-5-14-24(15-6-2)21(25)18-22(20-10-8-7-9-11-20)12-16-23(17-13-22)19(3)4/h7-11,19H,5-6,12-18H2,1-4H3. The first kappa shape index (κ1) is 20.0. The molecule has 3 heteroatoms. The summed E-state index contributed by atoms with van der Waals surface area (Å²) in [5, 5.41) is 0. The molecule has 2 rings (SSSR count). The summed E-state index contributed by atoms with van der Waals surface area (Å²) >= 11 is 0. The molecule has 1 aromatic rings. The van der Waals surface area contributed by atoms with Crippen molar-refractivity contribution in [3.63, 3.8) is 0 Å². The second-order valence-electron chi connectivity index (χ2n) is 7.83. The van der Waals surface area contributed by atoms with Crippen LogP contribution in [0.15, 0.2) is 30.3 Å². The summed E-state index contributed by atoms with van der Waals surface area (Å²) in [5.41, 5.74) is 1.35. The van der Waals surface area contributed by atoms with E-state index in [0.717, 1.165) is 51.9 Å². The summed E-state index contributed by atoms with van der Waals surface area (Å²) in [4.78, 5) is 17.7. The molecule has 0 bridgehead atoms. The summed E-state index contributed by atoms with van der Waals surface area (Å²) in [5.74, 6) is 0.338. The van der Waals surface area contributed by atoms with Gasteiger partial charge in [0.25, 0.3) is 0 Å². The molecular weight excluding hydrogens is 308 g/mol. The lowest BCUT2D eigenvalue weighted by Gasteiger charge is -2.44. The van der Waals surface area contributed by atoms with Crippen LogP contribution in [0.2, 0.25) is 0 Å². The molecule has 0 aliphatic carbocycles. The molecule has 0 N–H and O–H groups in total. The van der Waals surface area contributed by atoms with Crippen molar-refractivity contribution in [2.75, 3.05) is 26.2 Å². The van der Waals surface area contributed by atoms with E-state index in [0.29, 0.717) is 18.4 Å². The van der Waals surface area contributed by atoms with Crippen LogP contribution in [0.3, 0.4) is 0 Å². The monoisotopic (exact) mass is 344 g/mol. The van der Waals surface area contributed by atoms with Crippen LogP contribution >= 0.6 is 0 Å². The van der Waals surface area contributed by atoms with Gasteiger partial charge in [-0.15, -0.1) is 0 Å². The van der Waals surface area contributed by atoms with Crippen molar-refractivity contribution in [2.24, 2.45) is 0 Å². The zero-order valence-corrected chi connectivity index (χ0v) is 16.6. The van der Waals surface area contributed by atoms with Crippen LogP contribution in [0.25, 0.3) is 0 Å². The van der Waals surface area contributed by atoms with E-state index in [1.807, 2.05) is 0 Å². The number of carbonyl (C=O) groups excluding carboxylic acids is 1. The van der Waals surface area contributed by atoms with E-state index in [2.05, 4.69) is 67.8 Å². The van der Waals surface area contributed by atoms with Gasteiger partial charge in [-0.25, -0.2) is 0 Å². The third-order valence-electron chi connectivity index (χ3n) is 5.70. The molecule has 0 atom stereocenters. The molecular formula is C22H36N2O. The van der Waals surface area contributed by atoms with Crippen LogP contribution in [-0.4, -0.2) is 47.9 Å². The fourth-order valence-corrected chi connectivity index (χ4v) is 4.13. The lowest BCUT2D eigenvalue weighted by molar-refractivity contribution is -0.133. The third kappa shape index (κ3) is 5.07. The molecule has 1 aromatic carbocycles. The van der Waals surface area contributed by atoms with Gasteiger partial charge in [-0.1, -0.05) is 44.2 Å². The fourth-order valence-electron chi connectivity index (χ4n) is 4.13. The van der Waals surface area contributed by atoms with Gasteiger partial charge in [0, 0.05) is 31.0 Å². The molecule has 1 saturated heterocycles. The molecule has 1 aliphatic heterocycles. The van der Waals surface area contributed by atoms with Gasteiger partial charge < -0.3 is 9.80 Å². The highest BCUT2D eigenvalue weighted by Crippen LogP contribution is 2.39. The molecule has 0 spiro atoms. The van der Waals surface area contributed by atoms with Crippen molar-refractivity contribution >= 4 is 5.91 Å². The van der Waals surface area contributed by atoms with E-state index in [1.54, 1.807) is 0 Å². The Hall–Kier alpha value is -1.35. The van der Waals surface area contributed by atoms with Gasteiger partial charge >= 0.3 is 0 Å². The Labute approximate surface area is 154 Å². The Bertz CT molecular complexity index is 512. The summed E-state index contributed by atoms with van der Waals surface area (Å²) in [6.45, 7) is 12.8. The molecule has 1 fully saturated rings. The van der Waals surface area contributed by atoms with E-state index in [9.17, 15) is 4.79 Å². The third-order valence-corrected chi connectivity index (χ3v) is 5.70. The van der Waals surface area contributed by atoms with Crippen molar-refractivity contribution in [3.8, 4) is 0 Å². The number of rotatable bonds is 8. The van der Waals surface area contributed by atoms with E-state index in [4.69, 9.17) is 0 Å². The lowest BCUT2D eigenvalue weighted by Crippen LogP contribution is -2.48. The summed E-state index contributed by atoms with van der Waals surface area (Å²) < 4.78 is 0. The maximum Gasteiger partial charge on any atom is 0.223 e. The van der Waals surface area contributed by atoms with Crippen LogP contribution < -0.4 is 0 Å². The predicted octanol–water partition coefficient (Wildman–Crippen LogP) is 4.47. The number of amides is 1. The van der Waals surface area contributed by atoms with Crippen molar-refractivity contribution in [1.82, 2.24) is 9.80 Å². The first-order chi connectivity index (χ1) is 12.0. The molecule has 0 radical (unpaired) electrons. The summed E-state index contributed by atoms with van der Waals surface area (Å²) in [6.07, 6.45) is 4.87. The van der Waals surface area contributed by atoms with Gasteiger partial charge in [0.05, 0.1) is 0 Å². The zero-order valence-electron chi connectivity index (χ0n) is 16.6. The number of benzene rings is 1. The fraction of sp³-hybridized carbons (Fsp3) is 0.682. The number of hydrogen-bond acceptors (Lipinski definition) is 2. The second kappa shape index (κ2) is 9.38. The quantitative estimate of drug-likeness (QED) is 0.695. The van der Waals surface area contributed by atoms with Gasteiger partial charge in [0.1, 0.15) is 0 Å². The topological polar surface area (TPSA) is 23.6 Å².